The van der Waals surface area contributed by atoms with Gasteiger partial charge in [-0.2, -0.15) is 0 Å². The van der Waals surface area contributed by atoms with E-state index < -0.39 is 0 Å². The highest BCUT2D eigenvalue weighted by atomic mass is 16.5. The minimum absolute atomic E-state index is 0.915. The Morgan fingerprint density at radius 2 is 1.60 bits per heavy atom. The summed E-state index contributed by atoms with van der Waals surface area (Å²) in [6.45, 7) is 8.71. The molecule has 0 unspecified atom stereocenters. The predicted octanol–water partition coefficient (Wildman–Crippen LogP) is 6.29. The van der Waals surface area contributed by atoms with E-state index in [-0.39, 0.29) is 0 Å². The molecule has 2 rings (SSSR count). The Balaban J connectivity index is 2.09. The average Bonchev–Trinajstić information content (AvgIpc) is 2.62. The maximum Gasteiger partial charge on any atom is 0.119 e. The van der Waals surface area contributed by atoms with Gasteiger partial charge in [-0.3, -0.25) is 0 Å². The Kier molecular flexibility index (Phi) is 7.84. The van der Waals surface area contributed by atoms with Gasteiger partial charge in [-0.25, -0.2) is 0 Å². The van der Waals surface area contributed by atoms with Crippen LogP contribution in [0.5, 0.6) is 5.75 Å². The van der Waals surface area contributed by atoms with Crippen LogP contribution in [0.4, 0.5) is 5.69 Å². The summed E-state index contributed by atoms with van der Waals surface area (Å²) in [4.78, 5) is 2.50. The summed E-state index contributed by atoms with van der Waals surface area (Å²) >= 11 is 0. The maximum atomic E-state index is 5.31. The van der Waals surface area contributed by atoms with Crippen LogP contribution in [0, 0.1) is 13.8 Å². The van der Waals surface area contributed by atoms with Crippen LogP contribution in [-0.4, -0.2) is 13.7 Å². The lowest BCUT2D eigenvalue weighted by Gasteiger charge is -2.26. The number of nitrogens with zero attached hydrogens (tertiary/aromatic N) is 1. The quantitative estimate of drug-likeness (QED) is 0.472. The fourth-order valence-corrected chi connectivity index (χ4v) is 3.23. The van der Waals surface area contributed by atoms with Crippen LogP contribution in [0.15, 0.2) is 42.5 Å². The minimum atomic E-state index is 0.915. The van der Waals surface area contributed by atoms with Crippen LogP contribution in [0.2, 0.25) is 0 Å². The molecule has 25 heavy (non-hydrogen) atoms. The highest BCUT2D eigenvalue weighted by molar-refractivity contribution is 5.50. The highest BCUT2D eigenvalue weighted by Gasteiger charge is 2.09. The van der Waals surface area contributed by atoms with Crippen molar-refractivity contribution in [1.29, 1.82) is 0 Å². The molecule has 0 amide bonds. The molecule has 0 spiro atoms. The molecule has 0 N–H and O–H groups in total. The molecule has 0 aliphatic heterocycles. The maximum absolute atomic E-state index is 5.31. The standard InChI is InChI=1S/C23H33NO/c1-5-6-7-8-9-16-24(22-12-14-23(25-4)15-13-22)18-21-11-10-19(2)17-20(21)3/h10-15,17H,5-9,16,18H2,1-4H3. The van der Waals surface area contributed by atoms with E-state index in [2.05, 4.69) is 68.1 Å². The van der Waals surface area contributed by atoms with Crippen LogP contribution in [0.1, 0.15) is 55.7 Å². The third kappa shape index (κ3) is 6.12. The van der Waals surface area contributed by atoms with Gasteiger partial charge in [-0.05, 0) is 55.7 Å². The molecule has 0 atom stereocenters. The molecule has 136 valence electrons. The summed E-state index contributed by atoms with van der Waals surface area (Å²) in [5.74, 6) is 0.915. The van der Waals surface area contributed by atoms with Gasteiger partial charge in [0, 0.05) is 18.8 Å². The van der Waals surface area contributed by atoms with Crippen molar-refractivity contribution in [1.82, 2.24) is 0 Å². The van der Waals surface area contributed by atoms with Crippen molar-refractivity contribution >= 4 is 5.69 Å². The van der Waals surface area contributed by atoms with Crippen LogP contribution in [0.3, 0.4) is 0 Å². The summed E-state index contributed by atoms with van der Waals surface area (Å²) < 4.78 is 5.31. The van der Waals surface area contributed by atoms with Gasteiger partial charge in [0.05, 0.1) is 7.11 Å². The summed E-state index contributed by atoms with van der Waals surface area (Å²) in [5.41, 5.74) is 5.40. The fraction of sp³-hybridized carbons (Fsp3) is 0.478. The van der Waals surface area contributed by atoms with Crippen LogP contribution >= 0.6 is 0 Å². The molecule has 0 aliphatic carbocycles. The van der Waals surface area contributed by atoms with Gasteiger partial charge in [0.2, 0.25) is 0 Å². The largest absolute Gasteiger partial charge is 0.497 e. The number of hydrogen-bond donors (Lipinski definition) is 0. The van der Waals surface area contributed by atoms with Crippen LogP contribution in [-0.2, 0) is 6.54 Å². The van der Waals surface area contributed by atoms with Crippen molar-refractivity contribution in [2.24, 2.45) is 0 Å². The Morgan fingerprint density at radius 1 is 0.880 bits per heavy atom. The van der Waals surface area contributed by atoms with E-state index in [4.69, 9.17) is 4.74 Å². The summed E-state index contributed by atoms with van der Waals surface area (Å²) in [7, 11) is 1.72. The Morgan fingerprint density at radius 3 is 2.24 bits per heavy atom. The monoisotopic (exact) mass is 339 g/mol. The first-order valence-electron chi connectivity index (χ1n) is 9.59. The molecule has 0 saturated heterocycles. The van der Waals surface area contributed by atoms with E-state index in [9.17, 15) is 0 Å². The number of hydrogen-bond acceptors (Lipinski definition) is 2. The number of unbranched alkanes of at least 4 members (excludes halogenated alkanes) is 4. The summed E-state index contributed by atoms with van der Waals surface area (Å²) in [6, 6.07) is 15.2. The smallest absolute Gasteiger partial charge is 0.119 e. The molecular formula is C23H33NO. The average molecular weight is 340 g/mol. The van der Waals surface area contributed by atoms with Crippen molar-refractivity contribution in [3.63, 3.8) is 0 Å². The molecule has 0 heterocycles. The van der Waals surface area contributed by atoms with Gasteiger partial charge in [-0.15, -0.1) is 0 Å². The molecule has 0 aromatic heterocycles. The Bertz CT molecular complexity index is 633. The summed E-state index contributed by atoms with van der Waals surface area (Å²) in [6.07, 6.45) is 6.55. The van der Waals surface area contributed by atoms with Crippen molar-refractivity contribution in [2.75, 3.05) is 18.6 Å². The van der Waals surface area contributed by atoms with Crippen LogP contribution in [0.25, 0.3) is 0 Å². The lowest BCUT2D eigenvalue weighted by atomic mass is 10.0. The number of methoxy groups -OCH3 is 1. The lowest BCUT2D eigenvalue weighted by molar-refractivity contribution is 0.415. The first-order chi connectivity index (χ1) is 12.1. The molecule has 0 bridgehead atoms. The van der Waals surface area contributed by atoms with Crippen molar-refractivity contribution < 1.29 is 4.74 Å². The van der Waals surface area contributed by atoms with Gasteiger partial charge in [-0.1, -0.05) is 56.4 Å². The second kappa shape index (κ2) is 10.1. The highest BCUT2D eigenvalue weighted by Crippen LogP contribution is 2.23. The van der Waals surface area contributed by atoms with E-state index in [0.717, 1.165) is 18.8 Å². The van der Waals surface area contributed by atoms with E-state index in [0.29, 0.717) is 0 Å². The van der Waals surface area contributed by atoms with Gasteiger partial charge < -0.3 is 9.64 Å². The van der Waals surface area contributed by atoms with Gasteiger partial charge >= 0.3 is 0 Å². The van der Waals surface area contributed by atoms with Crippen LogP contribution < -0.4 is 9.64 Å². The van der Waals surface area contributed by atoms with Gasteiger partial charge in [0.15, 0.2) is 0 Å². The van der Waals surface area contributed by atoms with E-state index in [1.807, 2.05) is 0 Å². The molecule has 0 radical (unpaired) electrons. The molecule has 2 heteroatoms. The van der Waals surface area contributed by atoms with Crippen molar-refractivity contribution in [3.8, 4) is 5.75 Å². The first kappa shape index (κ1) is 19.4. The number of ether oxygens (including phenoxy) is 1. The zero-order valence-corrected chi connectivity index (χ0v) is 16.3. The SMILES string of the molecule is CCCCCCCN(Cc1ccc(C)cc1C)c1ccc(OC)cc1. The number of anilines is 1. The topological polar surface area (TPSA) is 12.5 Å². The second-order valence-corrected chi connectivity index (χ2v) is 6.96. The number of benzene rings is 2. The predicted molar refractivity (Wildman–Crippen MR) is 109 cm³/mol. The minimum Gasteiger partial charge on any atom is -0.497 e. The normalized spacial score (nSPS) is 10.7. The van der Waals surface area contributed by atoms with Gasteiger partial charge in [0.25, 0.3) is 0 Å². The molecule has 2 aromatic rings. The Labute approximate surface area is 153 Å². The molecule has 0 fully saturated rings. The third-order valence-electron chi connectivity index (χ3n) is 4.83. The molecular weight excluding hydrogens is 306 g/mol. The molecule has 0 saturated carbocycles. The lowest BCUT2D eigenvalue weighted by Crippen LogP contribution is -2.24. The zero-order chi connectivity index (χ0) is 18.1. The number of aryl methyl sites for hydroxylation is 2. The second-order valence-electron chi connectivity index (χ2n) is 6.96. The first-order valence-corrected chi connectivity index (χ1v) is 9.59. The fourth-order valence-electron chi connectivity index (χ4n) is 3.23. The molecule has 0 aliphatic rings. The van der Waals surface area contributed by atoms with Crippen molar-refractivity contribution in [2.45, 2.75) is 59.4 Å². The Hall–Kier alpha value is -1.96. The third-order valence-corrected chi connectivity index (χ3v) is 4.83. The van der Waals surface area contributed by atoms with Gasteiger partial charge in [0.1, 0.15) is 5.75 Å². The van der Waals surface area contributed by atoms with E-state index in [1.54, 1.807) is 7.11 Å². The van der Waals surface area contributed by atoms with E-state index >= 15 is 0 Å². The summed E-state index contributed by atoms with van der Waals surface area (Å²) in [5, 5.41) is 0. The zero-order valence-electron chi connectivity index (χ0n) is 16.3. The van der Waals surface area contributed by atoms with E-state index in [1.165, 1.54) is 54.5 Å². The van der Waals surface area contributed by atoms with Crippen molar-refractivity contribution in [3.05, 3.63) is 59.2 Å². The molecule has 2 aromatic carbocycles. The molecule has 2 nitrogen and oxygen atoms in total. The number of rotatable bonds is 10.